The van der Waals surface area contributed by atoms with Gasteiger partial charge in [0.2, 0.25) is 0 Å². The number of rotatable bonds is 9. The van der Waals surface area contributed by atoms with Gasteiger partial charge >= 0.3 is 0 Å². The van der Waals surface area contributed by atoms with E-state index < -0.39 is 0 Å². The van der Waals surface area contributed by atoms with E-state index in [4.69, 9.17) is 0 Å². The van der Waals surface area contributed by atoms with Crippen molar-refractivity contribution in [3.8, 4) is 0 Å². The van der Waals surface area contributed by atoms with Crippen molar-refractivity contribution >= 4 is 0 Å². The predicted molar refractivity (Wildman–Crippen MR) is 142 cm³/mol. The van der Waals surface area contributed by atoms with Gasteiger partial charge in [-0.05, 0) is 32.1 Å². The second-order valence-corrected chi connectivity index (χ2v) is 6.87. The Balaban J connectivity index is -0.0000000666. The molecule has 0 saturated carbocycles. The van der Waals surface area contributed by atoms with Crippen LogP contribution >= 0.6 is 0 Å². The van der Waals surface area contributed by atoms with Crippen LogP contribution in [0.1, 0.15) is 148 Å². The van der Waals surface area contributed by atoms with Crippen LogP contribution in [-0.2, 0) is 0 Å². The summed E-state index contributed by atoms with van der Waals surface area (Å²) in [7, 11) is 0. The van der Waals surface area contributed by atoms with E-state index in [0.717, 1.165) is 5.92 Å². The highest BCUT2D eigenvalue weighted by Gasteiger charge is 2.11. The molecular weight excluding hydrogens is 336 g/mol. The Morgan fingerprint density at radius 1 is 0.821 bits per heavy atom. The Kier molecular flexibility index (Phi) is 75.1. The van der Waals surface area contributed by atoms with E-state index >= 15 is 0 Å². The first-order chi connectivity index (χ1) is 13.4. The van der Waals surface area contributed by atoms with Crippen molar-refractivity contribution in [2.45, 2.75) is 148 Å². The van der Waals surface area contributed by atoms with Gasteiger partial charge in [0.25, 0.3) is 0 Å². The number of unbranched alkanes of at least 4 members (excludes halogenated alkanes) is 3. The van der Waals surface area contributed by atoms with Gasteiger partial charge in [-0.3, -0.25) is 0 Å². The lowest BCUT2D eigenvalue weighted by Crippen LogP contribution is -2.06. The molecule has 0 amide bonds. The lowest BCUT2D eigenvalue weighted by Gasteiger charge is -2.19. The van der Waals surface area contributed by atoms with E-state index in [9.17, 15) is 0 Å². The molecule has 0 spiro atoms. The predicted octanol–water partition coefficient (Wildman–Crippen LogP) is 11.7. The van der Waals surface area contributed by atoms with Crippen molar-refractivity contribution in [3.05, 3.63) is 24.8 Å². The van der Waals surface area contributed by atoms with Gasteiger partial charge in [-0.2, -0.15) is 0 Å². The molecule has 0 aromatic carbocycles. The molecule has 0 aromatic rings. The maximum absolute atomic E-state index is 4.02. The smallest absolute Gasteiger partial charge is 0.0234 e. The van der Waals surface area contributed by atoms with Crippen molar-refractivity contribution in [2.75, 3.05) is 0 Å². The molecular formula is C28H64. The maximum atomic E-state index is 4.02. The lowest BCUT2D eigenvalue weighted by atomic mass is 9.87. The van der Waals surface area contributed by atoms with E-state index in [-0.39, 0.29) is 0 Å². The summed E-state index contributed by atoms with van der Waals surface area (Å²) in [6, 6.07) is 0. The van der Waals surface area contributed by atoms with Gasteiger partial charge in [0, 0.05) is 0 Å². The highest BCUT2D eigenvalue weighted by molar-refractivity contribution is 4.94. The SMILES string of the molecule is C=C(C)C(C)CC(CC)CCCC.C=CC.CC.CC.CCC.CCCCC. The van der Waals surface area contributed by atoms with E-state index in [0.29, 0.717) is 5.92 Å². The molecule has 0 aliphatic heterocycles. The second kappa shape index (κ2) is 50.3. The summed E-state index contributed by atoms with van der Waals surface area (Å²) < 4.78 is 0. The minimum atomic E-state index is 0.710. The average molecular weight is 401 g/mol. The third-order valence-electron chi connectivity index (χ3n) is 3.78. The minimum absolute atomic E-state index is 0.710. The highest BCUT2D eigenvalue weighted by Crippen LogP contribution is 2.24. The molecule has 0 saturated heterocycles. The zero-order chi connectivity index (χ0) is 23.8. The van der Waals surface area contributed by atoms with Crippen LogP contribution in [0.25, 0.3) is 0 Å². The van der Waals surface area contributed by atoms with Crippen LogP contribution in [0.2, 0.25) is 0 Å². The molecule has 0 N–H and O–H groups in total. The Labute approximate surface area is 184 Å². The maximum Gasteiger partial charge on any atom is -0.0234 e. The summed E-state index contributed by atoms with van der Waals surface area (Å²) in [6.45, 7) is 35.0. The van der Waals surface area contributed by atoms with Gasteiger partial charge in [-0.15, -0.1) is 6.58 Å². The van der Waals surface area contributed by atoms with E-state index in [1.807, 2.05) is 34.6 Å². The highest BCUT2D eigenvalue weighted by atomic mass is 14.2. The van der Waals surface area contributed by atoms with Gasteiger partial charge < -0.3 is 0 Å². The van der Waals surface area contributed by atoms with Gasteiger partial charge in [-0.25, -0.2) is 0 Å². The fourth-order valence-electron chi connectivity index (χ4n) is 2.04. The van der Waals surface area contributed by atoms with Crippen LogP contribution in [-0.4, -0.2) is 0 Å². The third kappa shape index (κ3) is 63.7. The summed E-state index contributed by atoms with van der Waals surface area (Å²) >= 11 is 0. The topological polar surface area (TPSA) is 0 Å². The quantitative estimate of drug-likeness (QED) is 0.337. The summed E-state index contributed by atoms with van der Waals surface area (Å²) in [6.07, 6.45) is 13.9. The van der Waals surface area contributed by atoms with Gasteiger partial charge in [0.05, 0.1) is 0 Å². The van der Waals surface area contributed by atoms with E-state index in [1.54, 1.807) is 6.08 Å². The van der Waals surface area contributed by atoms with Crippen LogP contribution in [0.4, 0.5) is 0 Å². The molecule has 0 heteroatoms. The zero-order valence-corrected chi connectivity index (χ0v) is 23.0. The fraction of sp³-hybridized carbons (Fsp3) is 0.857. The van der Waals surface area contributed by atoms with Crippen molar-refractivity contribution in [3.63, 3.8) is 0 Å². The number of hydrogen-bond donors (Lipinski definition) is 0. The van der Waals surface area contributed by atoms with E-state index in [1.165, 1.54) is 63.4 Å². The van der Waals surface area contributed by atoms with Crippen LogP contribution in [0.3, 0.4) is 0 Å². The van der Waals surface area contributed by atoms with Gasteiger partial charge in [-0.1, -0.05) is 146 Å². The number of hydrogen-bond acceptors (Lipinski definition) is 0. The minimum Gasteiger partial charge on any atom is -0.103 e. The molecule has 0 aliphatic rings. The molecule has 0 aliphatic carbocycles. The summed E-state index contributed by atoms with van der Waals surface area (Å²) in [5.74, 6) is 1.63. The van der Waals surface area contributed by atoms with Gasteiger partial charge in [0.15, 0.2) is 0 Å². The third-order valence-corrected chi connectivity index (χ3v) is 3.78. The monoisotopic (exact) mass is 401 g/mol. The Morgan fingerprint density at radius 3 is 1.32 bits per heavy atom. The Hall–Kier alpha value is -0.520. The van der Waals surface area contributed by atoms with Crippen LogP contribution in [0.15, 0.2) is 24.8 Å². The zero-order valence-electron chi connectivity index (χ0n) is 23.0. The Morgan fingerprint density at radius 2 is 1.14 bits per heavy atom. The standard InChI is InChI=1S/C13H26.C5H12.C3H8.C3H6.2C2H6/c1-6-8-9-13(7-2)10-12(5)11(3)4;1-3-5-4-2;2*1-3-2;2*1-2/h12-13H,3,6-10H2,1-2,4-5H3;3-5H2,1-2H3;3H2,1-2H3;3H,1H2,2H3;2*1-2H3. The molecule has 0 nitrogen and oxygen atoms in total. The normalized spacial score (nSPS) is 10.2. The van der Waals surface area contributed by atoms with Crippen molar-refractivity contribution < 1.29 is 0 Å². The van der Waals surface area contributed by atoms with E-state index in [2.05, 4.69) is 68.5 Å². The molecule has 0 aromatic heterocycles. The van der Waals surface area contributed by atoms with Crippen molar-refractivity contribution in [2.24, 2.45) is 11.8 Å². The first-order valence-corrected chi connectivity index (χ1v) is 12.6. The van der Waals surface area contributed by atoms with Crippen molar-refractivity contribution in [1.29, 1.82) is 0 Å². The molecule has 0 heterocycles. The first-order valence-electron chi connectivity index (χ1n) is 12.6. The van der Waals surface area contributed by atoms with Crippen LogP contribution < -0.4 is 0 Å². The van der Waals surface area contributed by atoms with Crippen LogP contribution in [0, 0.1) is 11.8 Å². The fourth-order valence-corrected chi connectivity index (χ4v) is 2.04. The number of allylic oxidation sites excluding steroid dienone is 2. The molecule has 0 radical (unpaired) electrons. The average Bonchev–Trinajstić information content (AvgIpc) is 2.70. The lowest BCUT2D eigenvalue weighted by molar-refractivity contribution is 0.376. The molecule has 0 rings (SSSR count). The second-order valence-electron chi connectivity index (χ2n) is 6.87. The van der Waals surface area contributed by atoms with Crippen LogP contribution in [0.5, 0.6) is 0 Å². The summed E-state index contributed by atoms with van der Waals surface area (Å²) in [5.41, 5.74) is 1.34. The van der Waals surface area contributed by atoms with Crippen molar-refractivity contribution in [1.82, 2.24) is 0 Å². The molecule has 2 unspecified atom stereocenters. The Bertz CT molecular complexity index is 212. The van der Waals surface area contributed by atoms with Gasteiger partial charge in [0.1, 0.15) is 0 Å². The first kappa shape index (κ1) is 41.8. The molecule has 0 bridgehead atoms. The molecule has 28 heavy (non-hydrogen) atoms. The molecule has 0 fully saturated rings. The molecule has 176 valence electrons. The summed E-state index contributed by atoms with van der Waals surface area (Å²) in [5, 5.41) is 0. The molecule has 2 atom stereocenters. The largest absolute Gasteiger partial charge is 0.103 e. The summed E-state index contributed by atoms with van der Waals surface area (Å²) in [4.78, 5) is 0.